The molecule has 0 saturated carbocycles. The molecule has 0 radical (unpaired) electrons. The number of aromatic hydroxyl groups is 1. The van der Waals surface area contributed by atoms with Crippen LogP contribution in [-0.2, 0) is 0 Å². The van der Waals surface area contributed by atoms with Gasteiger partial charge in [0.2, 0.25) is 5.88 Å². The number of hydrogen-bond donors (Lipinski definition) is 2. The summed E-state index contributed by atoms with van der Waals surface area (Å²) in [4.78, 5) is 18.7. The average molecular weight is 288 g/mol. The van der Waals surface area contributed by atoms with Gasteiger partial charge >= 0.3 is 0 Å². The number of rotatable bonds is 2. The van der Waals surface area contributed by atoms with Crippen molar-refractivity contribution in [2.24, 2.45) is 0 Å². The van der Waals surface area contributed by atoms with E-state index in [0.29, 0.717) is 5.56 Å². The summed E-state index contributed by atoms with van der Waals surface area (Å²) in [6.07, 6.45) is 0. The minimum Gasteiger partial charge on any atom is -0.493 e. The van der Waals surface area contributed by atoms with Gasteiger partial charge in [-0.05, 0) is 29.1 Å². The van der Waals surface area contributed by atoms with Crippen molar-refractivity contribution < 1.29 is 9.50 Å². The van der Waals surface area contributed by atoms with Crippen LogP contribution < -0.4 is 5.56 Å². The van der Waals surface area contributed by atoms with E-state index in [4.69, 9.17) is 0 Å². The zero-order valence-corrected chi connectivity index (χ0v) is 10.9. The molecule has 0 amide bonds. The fourth-order valence-electron chi connectivity index (χ4n) is 1.90. The molecule has 0 spiro atoms. The third-order valence-corrected chi connectivity index (χ3v) is 3.49. The quantitative estimate of drug-likeness (QED) is 0.761. The van der Waals surface area contributed by atoms with E-state index in [1.165, 1.54) is 29.5 Å². The van der Waals surface area contributed by atoms with Gasteiger partial charge in [0.1, 0.15) is 17.2 Å². The van der Waals surface area contributed by atoms with Crippen molar-refractivity contribution in [2.75, 3.05) is 0 Å². The maximum atomic E-state index is 13.2. The molecular formula is C14H9FN2O2S. The highest BCUT2D eigenvalue weighted by atomic mass is 32.1. The van der Waals surface area contributed by atoms with Gasteiger partial charge in [0, 0.05) is 10.9 Å². The Bertz CT molecular complexity index is 812. The van der Waals surface area contributed by atoms with E-state index in [1.807, 2.05) is 5.38 Å². The van der Waals surface area contributed by atoms with E-state index in [1.54, 1.807) is 17.5 Å². The third-order valence-electron chi connectivity index (χ3n) is 2.81. The molecule has 0 aliphatic rings. The van der Waals surface area contributed by atoms with Crippen LogP contribution in [0.15, 0.2) is 45.9 Å². The van der Waals surface area contributed by atoms with E-state index in [-0.39, 0.29) is 17.0 Å². The lowest BCUT2D eigenvalue weighted by molar-refractivity contribution is 0.454. The molecule has 2 N–H and O–H groups in total. The number of aromatic amines is 1. The Morgan fingerprint density at radius 3 is 2.75 bits per heavy atom. The Morgan fingerprint density at radius 1 is 1.25 bits per heavy atom. The van der Waals surface area contributed by atoms with Gasteiger partial charge in [0.05, 0.1) is 0 Å². The van der Waals surface area contributed by atoms with Gasteiger partial charge in [0.25, 0.3) is 5.56 Å². The molecule has 0 aliphatic carbocycles. The maximum absolute atomic E-state index is 13.2. The van der Waals surface area contributed by atoms with Crippen LogP contribution in [0.2, 0.25) is 0 Å². The number of H-pyrrole nitrogens is 1. The van der Waals surface area contributed by atoms with Gasteiger partial charge in [-0.2, -0.15) is 16.3 Å². The first-order valence-electron chi connectivity index (χ1n) is 5.77. The predicted octanol–water partition coefficient (Wildman–Crippen LogP) is 3.01. The molecule has 20 heavy (non-hydrogen) atoms. The lowest BCUT2D eigenvalue weighted by atomic mass is 10.1. The summed E-state index contributed by atoms with van der Waals surface area (Å²) >= 11 is 1.46. The highest BCUT2D eigenvalue weighted by Crippen LogP contribution is 2.26. The summed E-state index contributed by atoms with van der Waals surface area (Å²) in [7, 11) is 0. The third kappa shape index (κ3) is 2.21. The SMILES string of the molecule is O=c1[nH]c(-c2ccsc2)nc(O)c1-c1cccc(F)c1. The Kier molecular flexibility index (Phi) is 3.08. The zero-order valence-electron chi connectivity index (χ0n) is 10.1. The van der Waals surface area contributed by atoms with Crippen LogP contribution in [0.3, 0.4) is 0 Å². The highest BCUT2D eigenvalue weighted by Gasteiger charge is 2.14. The monoisotopic (exact) mass is 288 g/mol. The molecule has 0 aliphatic heterocycles. The molecule has 0 fully saturated rings. The molecule has 2 aromatic heterocycles. The first-order valence-corrected chi connectivity index (χ1v) is 6.71. The van der Waals surface area contributed by atoms with Crippen molar-refractivity contribution in [1.29, 1.82) is 0 Å². The molecule has 1 aromatic carbocycles. The molecule has 0 unspecified atom stereocenters. The first kappa shape index (κ1) is 12.6. The Morgan fingerprint density at radius 2 is 2.10 bits per heavy atom. The minimum atomic E-state index is -0.510. The second-order valence-electron chi connectivity index (χ2n) is 4.14. The largest absolute Gasteiger partial charge is 0.493 e. The summed E-state index contributed by atoms with van der Waals surface area (Å²) in [6.45, 7) is 0. The summed E-state index contributed by atoms with van der Waals surface area (Å²) in [6, 6.07) is 7.23. The fourth-order valence-corrected chi connectivity index (χ4v) is 2.54. The molecule has 0 bridgehead atoms. The predicted molar refractivity (Wildman–Crippen MR) is 75.2 cm³/mol. The van der Waals surface area contributed by atoms with Crippen molar-refractivity contribution >= 4 is 11.3 Å². The molecule has 0 saturated heterocycles. The van der Waals surface area contributed by atoms with Gasteiger partial charge in [-0.3, -0.25) is 4.79 Å². The van der Waals surface area contributed by atoms with Crippen molar-refractivity contribution in [2.45, 2.75) is 0 Å². The van der Waals surface area contributed by atoms with Gasteiger partial charge < -0.3 is 10.1 Å². The van der Waals surface area contributed by atoms with Crippen LogP contribution in [0.4, 0.5) is 4.39 Å². The van der Waals surface area contributed by atoms with E-state index < -0.39 is 17.3 Å². The van der Waals surface area contributed by atoms with Crippen LogP contribution in [-0.4, -0.2) is 15.1 Å². The second kappa shape index (κ2) is 4.90. The Hall–Kier alpha value is -2.47. The number of halogens is 1. The molecule has 0 atom stereocenters. The van der Waals surface area contributed by atoms with E-state index in [0.717, 1.165) is 0 Å². The van der Waals surface area contributed by atoms with Crippen LogP contribution in [0.5, 0.6) is 5.88 Å². The van der Waals surface area contributed by atoms with Crippen molar-refractivity contribution in [3.63, 3.8) is 0 Å². The van der Waals surface area contributed by atoms with Crippen LogP contribution in [0.25, 0.3) is 22.5 Å². The van der Waals surface area contributed by atoms with Gasteiger partial charge in [0.15, 0.2) is 0 Å². The summed E-state index contributed by atoms with van der Waals surface area (Å²) < 4.78 is 13.2. The van der Waals surface area contributed by atoms with Crippen LogP contribution >= 0.6 is 11.3 Å². The zero-order chi connectivity index (χ0) is 14.1. The highest BCUT2D eigenvalue weighted by molar-refractivity contribution is 7.08. The maximum Gasteiger partial charge on any atom is 0.262 e. The summed E-state index contributed by atoms with van der Waals surface area (Å²) in [5, 5.41) is 13.6. The lowest BCUT2D eigenvalue weighted by Gasteiger charge is -2.05. The lowest BCUT2D eigenvalue weighted by Crippen LogP contribution is -2.12. The second-order valence-corrected chi connectivity index (χ2v) is 4.92. The number of thiophene rings is 1. The van der Waals surface area contributed by atoms with Crippen LogP contribution in [0.1, 0.15) is 0 Å². The molecular weight excluding hydrogens is 279 g/mol. The Labute approximate surface area is 117 Å². The molecule has 2 heterocycles. The van der Waals surface area contributed by atoms with E-state index in [9.17, 15) is 14.3 Å². The molecule has 3 rings (SSSR count). The molecule has 4 nitrogen and oxygen atoms in total. The smallest absolute Gasteiger partial charge is 0.262 e. The van der Waals surface area contributed by atoms with Crippen molar-refractivity contribution in [1.82, 2.24) is 9.97 Å². The summed E-state index contributed by atoms with van der Waals surface area (Å²) in [5.41, 5.74) is 0.453. The van der Waals surface area contributed by atoms with Crippen molar-refractivity contribution in [3.8, 4) is 28.4 Å². The fraction of sp³-hybridized carbons (Fsp3) is 0. The van der Waals surface area contributed by atoms with E-state index in [2.05, 4.69) is 9.97 Å². The number of nitrogens with one attached hydrogen (secondary N) is 1. The molecule has 3 aromatic rings. The average Bonchev–Trinajstić information content (AvgIpc) is 2.91. The number of hydrogen-bond acceptors (Lipinski definition) is 4. The first-order chi connectivity index (χ1) is 9.65. The molecule has 100 valence electrons. The summed E-state index contributed by atoms with van der Waals surface area (Å²) in [5.74, 6) is -0.613. The Balaban J connectivity index is 2.17. The minimum absolute atomic E-state index is 0.0384. The van der Waals surface area contributed by atoms with Gasteiger partial charge in [-0.1, -0.05) is 12.1 Å². The normalized spacial score (nSPS) is 10.7. The van der Waals surface area contributed by atoms with Gasteiger partial charge in [-0.15, -0.1) is 0 Å². The van der Waals surface area contributed by atoms with E-state index >= 15 is 0 Å². The number of benzene rings is 1. The molecule has 6 heteroatoms. The van der Waals surface area contributed by atoms with Gasteiger partial charge in [-0.25, -0.2) is 4.39 Å². The van der Waals surface area contributed by atoms with Crippen molar-refractivity contribution in [3.05, 3.63) is 57.3 Å². The topological polar surface area (TPSA) is 66.0 Å². The number of nitrogens with zero attached hydrogens (tertiary/aromatic N) is 1. The number of aromatic nitrogens is 2. The standard InChI is InChI=1S/C14H9FN2O2S/c15-10-3-1-2-8(6-10)11-13(18)16-12(17-14(11)19)9-4-5-20-7-9/h1-7H,(H2,16,17,18,19). The van der Waals surface area contributed by atoms with Crippen LogP contribution in [0, 0.1) is 5.82 Å².